The average Bonchev–Trinajstić information content (AvgIpc) is 2.24. The van der Waals surface area contributed by atoms with Crippen molar-refractivity contribution in [3.63, 3.8) is 0 Å². The highest BCUT2D eigenvalue weighted by atomic mass is 79.9. The molecule has 16 heavy (non-hydrogen) atoms. The van der Waals surface area contributed by atoms with E-state index in [0.29, 0.717) is 17.3 Å². The Morgan fingerprint density at radius 2 is 2.31 bits per heavy atom. The van der Waals surface area contributed by atoms with Gasteiger partial charge in [-0.2, -0.15) is 0 Å². The number of benzene rings is 1. The SMILES string of the molecule is CCC(CN)C(=O)Nc1ccc(Br)cc1Cl. The standard InChI is InChI=1S/C11H14BrClN2O/c1-2-7(6-14)11(16)15-10-4-3-8(12)5-9(10)13/h3-5,7H,2,6,14H2,1H3,(H,15,16). The summed E-state index contributed by atoms with van der Waals surface area (Å²) in [5, 5.41) is 3.28. The minimum Gasteiger partial charge on any atom is -0.330 e. The highest BCUT2D eigenvalue weighted by molar-refractivity contribution is 9.10. The predicted octanol–water partition coefficient (Wildman–Crippen LogP) is 3.03. The van der Waals surface area contributed by atoms with Gasteiger partial charge in [-0.3, -0.25) is 4.79 Å². The van der Waals surface area contributed by atoms with Gasteiger partial charge in [-0.05, 0) is 24.6 Å². The van der Waals surface area contributed by atoms with E-state index in [9.17, 15) is 4.79 Å². The zero-order chi connectivity index (χ0) is 12.1. The molecule has 88 valence electrons. The number of carbonyl (C=O) groups is 1. The Morgan fingerprint density at radius 3 is 2.81 bits per heavy atom. The molecule has 0 saturated heterocycles. The van der Waals surface area contributed by atoms with Gasteiger partial charge in [0.25, 0.3) is 0 Å². The molecular formula is C11H14BrClN2O. The molecule has 0 aliphatic rings. The van der Waals surface area contributed by atoms with Crippen LogP contribution in [0, 0.1) is 5.92 Å². The monoisotopic (exact) mass is 304 g/mol. The first-order chi connectivity index (χ1) is 7.58. The van der Waals surface area contributed by atoms with Crippen LogP contribution in [0.4, 0.5) is 5.69 Å². The van der Waals surface area contributed by atoms with Crippen LogP contribution in [0.3, 0.4) is 0 Å². The van der Waals surface area contributed by atoms with Crippen molar-refractivity contribution < 1.29 is 4.79 Å². The minimum absolute atomic E-state index is 0.0887. The Morgan fingerprint density at radius 1 is 1.62 bits per heavy atom. The van der Waals surface area contributed by atoms with Crippen molar-refractivity contribution in [2.24, 2.45) is 11.7 Å². The maximum absolute atomic E-state index is 11.8. The van der Waals surface area contributed by atoms with Crippen molar-refractivity contribution in [1.82, 2.24) is 0 Å². The van der Waals surface area contributed by atoms with Gasteiger partial charge in [0.2, 0.25) is 5.91 Å². The first-order valence-electron chi connectivity index (χ1n) is 5.04. The van der Waals surface area contributed by atoms with Gasteiger partial charge in [0.15, 0.2) is 0 Å². The van der Waals surface area contributed by atoms with Gasteiger partial charge in [-0.1, -0.05) is 34.5 Å². The molecule has 5 heteroatoms. The fourth-order valence-electron chi connectivity index (χ4n) is 1.28. The zero-order valence-electron chi connectivity index (χ0n) is 8.97. The number of amides is 1. The van der Waals surface area contributed by atoms with Gasteiger partial charge in [-0.25, -0.2) is 0 Å². The van der Waals surface area contributed by atoms with E-state index in [-0.39, 0.29) is 11.8 Å². The van der Waals surface area contributed by atoms with E-state index < -0.39 is 0 Å². The van der Waals surface area contributed by atoms with E-state index in [1.165, 1.54) is 0 Å². The van der Waals surface area contributed by atoms with Gasteiger partial charge in [0, 0.05) is 11.0 Å². The van der Waals surface area contributed by atoms with E-state index in [1.807, 2.05) is 13.0 Å². The van der Waals surface area contributed by atoms with E-state index in [2.05, 4.69) is 21.2 Å². The highest BCUT2D eigenvalue weighted by Gasteiger charge is 2.15. The number of anilines is 1. The van der Waals surface area contributed by atoms with Crippen LogP contribution in [0.1, 0.15) is 13.3 Å². The summed E-state index contributed by atoms with van der Waals surface area (Å²) in [5.41, 5.74) is 6.11. The van der Waals surface area contributed by atoms with Crippen molar-refractivity contribution in [3.8, 4) is 0 Å². The first kappa shape index (κ1) is 13.5. The number of rotatable bonds is 4. The second-order valence-corrected chi connectivity index (χ2v) is 4.78. The van der Waals surface area contributed by atoms with Crippen molar-refractivity contribution in [1.29, 1.82) is 0 Å². The van der Waals surface area contributed by atoms with Crippen LogP contribution in [-0.2, 0) is 4.79 Å². The predicted molar refractivity (Wildman–Crippen MR) is 70.6 cm³/mol. The summed E-state index contributed by atoms with van der Waals surface area (Å²) in [5.74, 6) is -0.256. The molecule has 0 aromatic heterocycles. The minimum atomic E-state index is -0.167. The second-order valence-electron chi connectivity index (χ2n) is 3.45. The fourth-order valence-corrected chi connectivity index (χ4v) is 2.01. The highest BCUT2D eigenvalue weighted by Crippen LogP contribution is 2.26. The van der Waals surface area contributed by atoms with Crippen molar-refractivity contribution >= 4 is 39.1 Å². The smallest absolute Gasteiger partial charge is 0.228 e. The topological polar surface area (TPSA) is 55.1 Å². The van der Waals surface area contributed by atoms with Crippen LogP contribution in [0.5, 0.6) is 0 Å². The molecule has 0 spiro atoms. The summed E-state index contributed by atoms with van der Waals surface area (Å²) in [6.45, 7) is 2.27. The quantitative estimate of drug-likeness (QED) is 0.898. The average molecular weight is 306 g/mol. The van der Waals surface area contributed by atoms with Gasteiger partial charge in [0.1, 0.15) is 0 Å². The maximum Gasteiger partial charge on any atom is 0.228 e. The molecule has 0 fully saturated rings. The molecule has 1 atom stereocenters. The number of hydrogen-bond donors (Lipinski definition) is 2. The van der Waals surface area contributed by atoms with Crippen LogP contribution in [0.2, 0.25) is 5.02 Å². The van der Waals surface area contributed by atoms with E-state index >= 15 is 0 Å². The number of nitrogens with one attached hydrogen (secondary N) is 1. The molecule has 0 heterocycles. The summed E-state index contributed by atoms with van der Waals surface area (Å²) < 4.78 is 0.876. The van der Waals surface area contributed by atoms with E-state index in [1.54, 1.807) is 12.1 Å². The summed E-state index contributed by atoms with van der Waals surface area (Å²) in [6.07, 6.45) is 0.719. The Balaban J connectivity index is 2.76. The molecule has 3 nitrogen and oxygen atoms in total. The number of carbonyl (C=O) groups excluding carboxylic acids is 1. The van der Waals surface area contributed by atoms with E-state index in [0.717, 1.165) is 10.9 Å². The van der Waals surface area contributed by atoms with Crippen LogP contribution >= 0.6 is 27.5 Å². The molecule has 1 unspecified atom stereocenters. The molecule has 0 saturated carbocycles. The van der Waals surface area contributed by atoms with Crippen LogP contribution in [-0.4, -0.2) is 12.5 Å². The third-order valence-electron chi connectivity index (χ3n) is 2.34. The lowest BCUT2D eigenvalue weighted by molar-refractivity contribution is -0.119. The van der Waals surface area contributed by atoms with E-state index in [4.69, 9.17) is 17.3 Å². The zero-order valence-corrected chi connectivity index (χ0v) is 11.3. The summed E-state index contributed by atoms with van der Waals surface area (Å²) >= 11 is 9.29. The summed E-state index contributed by atoms with van der Waals surface area (Å²) in [6, 6.07) is 5.32. The third-order valence-corrected chi connectivity index (χ3v) is 3.14. The largest absolute Gasteiger partial charge is 0.330 e. The molecule has 1 amide bonds. The first-order valence-corrected chi connectivity index (χ1v) is 6.21. The fraction of sp³-hybridized carbons (Fsp3) is 0.364. The Bertz CT molecular complexity index is 380. The molecule has 0 bridgehead atoms. The maximum atomic E-state index is 11.8. The van der Waals surface area contributed by atoms with Crippen molar-refractivity contribution in [2.75, 3.05) is 11.9 Å². The molecule has 3 N–H and O–H groups in total. The third kappa shape index (κ3) is 3.47. The Hall–Kier alpha value is -0.580. The molecule has 1 aromatic carbocycles. The van der Waals surface area contributed by atoms with Crippen LogP contribution in [0.25, 0.3) is 0 Å². The normalized spacial score (nSPS) is 12.2. The summed E-state index contributed by atoms with van der Waals surface area (Å²) in [7, 11) is 0. The van der Waals surface area contributed by atoms with Crippen LogP contribution < -0.4 is 11.1 Å². The molecule has 1 rings (SSSR count). The van der Waals surface area contributed by atoms with Crippen molar-refractivity contribution in [3.05, 3.63) is 27.7 Å². The van der Waals surface area contributed by atoms with Gasteiger partial charge in [0.05, 0.1) is 16.6 Å². The number of halogens is 2. The molecule has 1 aromatic rings. The molecule has 0 aliphatic carbocycles. The molecule has 0 aliphatic heterocycles. The Labute approximate surface area is 108 Å². The lowest BCUT2D eigenvalue weighted by Gasteiger charge is -2.13. The lowest BCUT2D eigenvalue weighted by atomic mass is 10.1. The lowest BCUT2D eigenvalue weighted by Crippen LogP contribution is -2.28. The van der Waals surface area contributed by atoms with Gasteiger partial charge in [-0.15, -0.1) is 0 Å². The Kier molecular flexibility index (Phi) is 5.25. The number of nitrogens with two attached hydrogens (primary N) is 1. The molecular weight excluding hydrogens is 291 g/mol. The van der Waals surface area contributed by atoms with Gasteiger partial charge >= 0.3 is 0 Å². The second kappa shape index (κ2) is 6.23. The molecule has 0 radical (unpaired) electrons. The summed E-state index contributed by atoms with van der Waals surface area (Å²) in [4.78, 5) is 11.8. The van der Waals surface area contributed by atoms with Gasteiger partial charge < -0.3 is 11.1 Å². The van der Waals surface area contributed by atoms with Crippen LogP contribution in [0.15, 0.2) is 22.7 Å². The van der Waals surface area contributed by atoms with Crippen molar-refractivity contribution in [2.45, 2.75) is 13.3 Å². The number of hydrogen-bond acceptors (Lipinski definition) is 2.